The molecule has 0 radical (unpaired) electrons. The van der Waals surface area contributed by atoms with Crippen LogP contribution in [0.15, 0.2) is 47.5 Å². The first-order valence-electron chi connectivity index (χ1n) is 9.13. The Kier molecular flexibility index (Phi) is 5.66. The minimum atomic E-state index is -0.0290. The van der Waals surface area contributed by atoms with E-state index in [2.05, 4.69) is 28.9 Å². The number of phenols is 2. The van der Waals surface area contributed by atoms with Crippen LogP contribution in [0.2, 0.25) is 0 Å². The van der Waals surface area contributed by atoms with Crippen molar-refractivity contribution in [3.8, 4) is 23.0 Å². The fraction of sp³-hybridized carbons (Fsp3) is 0.381. The number of rotatable bonds is 5. The first-order valence-corrected chi connectivity index (χ1v) is 9.13. The molecule has 1 aliphatic heterocycles. The van der Waals surface area contributed by atoms with Crippen molar-refractivity contribution in [3.63, 3.8) is 0 Å². The van der Waals surface area contributed by atoms with Gasteiger partial charge in [0.15, 0.2) is 0 Å². The molecule has 2 aromatic carbocycles. The van der Waals surface area contributed by atoms with Gasteiger partial charge in [0.2, 0.25) is 0 Å². The third-order valence-corrected chi connectivity index (χ3v) is 4.67. The third kappa shape index (κ3) is 4.10. The molecule has 1 saturated heterocycles. The standard InChI is InChI=1S/C21H26N2O3/c1-3-10-23-11-4-5-20(21(23)22-2)15-6-8-18(9-7-15)26-19-13-16(24)12-17(25)14-19/h6-9,12-14,20,24-25H,3-5,10-11H2,1-2H3. The normalized spacial score (nSPS) is 18.9. The lowest BCUT2D eigenvalue weighted by Gasteiger charge is -2.36. The number of amidine groups is 1. The van der Waals surface area contributed by atoms with Crippen LogP contribution in [0.25, 0.3) is 0 Å². The van der Waals surface area contributed by atoms with Crippen molar-refractivity contribution in [3.05, 3.63) is 48.0 Å². The van der Waals surface area contributed by atoms with E-state index >= 15 is 0 Å². The number of nitrogens with zero attached hydrogens (tertiary/aromatic N) is 2. The maximum Gasteiger partial charge on any atom is 0.134 e. The van der Waals surface area contributed by atoms with Gasteiger partial charge >= 0.3 is 0 Å². The second-order valence-electron chi connectivity index (χ2n) is 6.62. The summed E-state index contributed by atoms with van der Waals surface area (Å²) in [5, 5.41) is 19.1. The predicted octanol–water partition coefficient (Wildman–Crippen LogP) is 4.51. The number of hydrogen-bond donors (Lipinski definition) is 2. The maximum absolute atomic E-state index is 9.55. The summed E-state index contributed by atoms with van der Waals surface area (Å²) in [5.41, 5.74) is 1.23. The summed E-state index contributed by atoms with van der Waals surface area (Å²) in [4.78, 5) is 6.97. The Hall–Kier alpha value is -2.69. The van der Waals surface area contributed by atoms with E-state index in [0.29, 0.717) is 17.4 Å². The lowest BCUT2D eigenvalue weighted by atomic mass is 9.89. The second-order valence-corrected chi connectivity index (χ2v) is 6.62. The molecule has 1 aliphatic rings. The van der Waals surface area contributed by atoms with Crippen LogP contribution in [0.3, 0.4) is 0 Å². The zero-order valence-corrected chi connectivity index (χ0v) is 15.4. The van der Waals surface area contributed by atoms with E-state index < -0.39 is 0 Å². The molecule has 0 amide bonds. The van der Waals surface area contributed by atoms with Crippen LogP contribution >= 0.6 is 0 Å². The molecule has 1 unspecified atom stereocenters. The summed E-state index contributed by atoms with van der Waals surface area (Å²) in [6.07, 6.45) is 3.40. The Morgan fingerprint density at radius 3 is 2.38 bits per heavy atom. The van der Waals surface area contributed by atoms with Crippen molar-refractivity contribution >= 4 is 5.84 Å². The molecule has 2 N–H and O–H groups in total. The average Bonchev–Trinajstić information content (AvgIpc) is 2.61. The Bertz CT molecular complexity index is 749. The number of hydrogen-bond acceptors (Lipinski definition) is 4. The van der Waals surface area contributed by atoms with E-state index in [4.69, 9.17) is 4.74 Å². The third-order valence-electron chi connectivity index (χ3n) is 4.67. The number of aromatic hydroxyl groups is 2. The molecule has 1 atom stereocenters. The van der Waals surface area contributed by atoms with Gasteiger partial charge in [-0.05, 0) is 37.0 Å². The van der Waals surface area contributed by atoms with Crippen molar-refractivity contribution < 1.29 is 14.9 Å². The topological polar surface area (TPSA) is 65.3 Å². The highest BCUT2D eigenvalue weighted by molar-refractivity contribution is 5.89. The van der Waals surface area contributed by atoms with Crippen molar-refractivity contribution in [1.29, 1.82) is 0 Å². The van der Waals surface area contributed by atoms with E-state index in [9.17, 15) is 10.2 Å². The van der Waals surface area contributed by atoms with Crippen LogP contribution in [0.1, 0.15) is 37.7 Å². The van der Waals surface area contributed by atoms with E-state index in [-0.39, 0.29) is 11.5 Å². The molecule has 1 heterocycles. The molecule has 5 heteroatoms. The highest BCUT2D eigenvalue weighted by Crippen LogP contribution is 2.33. The fourth-order valence-corrected chi connectivity index (χ4v) is 3.59. The van der Waals surface area contributed by atoms with Crippen LogP contribution in [0.5, 0.6) is 23.0 Å². The van der Waals surface area contributed by atoms with Crippen molar-refractivity contribution in [2.24, 2.45) is 4.99 Å². The fourth-order valence-electron chi connectivity index (χ4n) is 3.59. The molecule has 26 heavy (non-hydrogen) atoms. The largest absolute Gasteiger partial charge is 0.508 e. The second kappa shape index (κ2) is 8.13. The molecule has 5 nitrogen and oxygen atoms in total. The lowest BCUT2D eigenvalue weighted by Crippen LogP contribution is -2.40. The number of aliphatic imine (C=N–C) groups is 1. The summed E-state index contributed by atoms with van der Waals surface area (Å²) < 4.78 is 5.73. The quantitative estimate of drug-likeness (QED) is 0.829. The Morgan fingerprint density at radius 1 is 1.08 bits per heavy atom. The van der Waals surface area contributed by atoms with Crippen LogP contribution in [-0.4, -0.2) is 41.1 Å². The van der Waals surface area contributed by atoms with Crippen LogP contribution in [0, 0.1) is 0 Å². The van der Waals surface area contributed by atoms with E-state index in [1.807, 2.05) is 19.2 Å². The van der Waals surface area contributed by atoms with E-state index in [1.165, 1.54) is 36.0 Å². The lowest BCUT2D eigenvalue weighted by molar-refractivity contribution is 0.354. The Labute approximate surface area is 154 Å². The molecule has 1 fully saturated rings. The minimum Gasteiger partial charge on any atom is -0.508 e. The van der Waals surface area contributed by atoms with E-state index in [0.717, 1.165) is 25.9 Å². The summed E-state index contributed by atoms with van der Waals surface area (Å²) >= 11 is 0. The predicted molar refractivity (Wildman–Crippen MR) is 103 cm³/mol. The molecule has 138 valence electrons. The monoisotopic (exact) mass is 354 g/mol. The molecule has 3 rings (SSSR count). The van der Waals surface area contributed by atoms with Gasteiger partial charge in [0, 0.05) is 44.3 Å². The number of benzene rings is 2. The Morgan fingerprint density at radius 2 is 1.77 bits per heavy atom. The SMILES string of the molecule is CCCN1CCCC(c2ccc(Oc3cc(O)cc(O)c3)cc2)C1=NC. The van der Waals surface area contributed by atoms with Gasteiger partial charge in [-0.3, -0.25) is 4.99 Å². The van der Waals surface area contributed by atoms with Gasteiger partial charge in [-0.25, -0.2) is 0 Å². The van der Waals surface area contributed by atoms with Gasteiger partial charge < -0.3 is 19.8 Å². The minimum absolute atomic E-state index is 0.0290. The number of likely N-dealkylation sites (tertiary alicyclic amines) is 1. The average molecular weight is 354 g/mol. The highest BCUT2D eigenvalue weighted by atomic mass is 16.5. The van der Waals surface area contributed by atoms with Crippen molar-refractivity contribution in [2.45, 2.75) is 32.1 Å². The summed E-state index contributed by atoms with van der Waals surface area (Å²) in [6, 6.07) is 12.2. The Balaban J connectivity index is 1.76. The van der Waals surface area contributed by atoms with Gasteiger partial charge in [-0.2, -0.15) is 0 Å². The molecule has 0 aromatic heterocycles. The highest BCUT2D eigenvalue weighted by Gasteiger charge is 2.26. The summed E-state index contributed by atoms with van der Waals surface area (Å²) in [7, 11) is 1.88. The number of ether oxygens (including phenoxy) is 1. The zero-order chi connectivity index (χ0) is 18.5. The number of piperidine rings is 1. The molecule has 0 spiro atoms. The van der Waals surface area contributed by atoms with Gasteiger partial charge in [-0.1, -0.05) is 19.1 Å². The van der Waals surface area contributed by atoms with Crippen LogP contribution in [0.4, 0.5) is 0 Å². The van der Waals surface area contributed by atoms with E-state index in [1.54, 1.807) is 0 Å². The van der Waals surface area contributed by atoms with Crippen LogP contribution < -0.4 is 4.74 Å². The van der Waals surface area contributed by atoms with Crippen molar-refractivity contribution in [1.82, 2.24) is 4.90 Å². The molecular formula is C21H26N2O3. The molecule has 0 saturated carbocycles. The molecule has 2 aromatic rings. The van der Waals surface area contributed by atoms with Crippen molar-refractivity contribution in [2.75, 3.05) is 20.1 Å². The molecule has 0 bridgehead atoms. The smallest absolute Gasteiger partial charge is 0.134 e. The first-order chi connectivity index (χ1) is 12.6. The zero-order valence-electron chi connectivity index (χ0n) is 15.4. The maximum atomic E-state index is 9.55. The summed E-state index contributed by atoms with van der Waals surface area (Å²) in [6.45, 7) is 4.33. The van der Waals surface area contributed by atoms with Gasteiger partial charge in [0.1, 0.15) is 28.8 Å². The molecular weight excluding hydrogens is 328 g/mol. The summed E-state index contributed by atoms with van der Waals surface area (Å²) in [5.74, 6) is 2.49. The van der Waals surface area contributed by atoms with Gasteiger partial charge in [0.05, 0.1) is 0 Å². The number of phenolic OH excluding ortho intramolecular Hbond substituents is 2. The first kappa shape index (κ1) is 18.1. The van der Waals surface area contributed by atoms with Gasteiger partial charge in [0.25, 0.3) is 0 Å². The molecule has 0 aliphatic carbocycles. The van der Waals surface area contributed by atoms with Gasteiger partial charge in [-0.15, -0.1) is 0 Å². The van der Waals surface area contributed by atoms with Crippen LogP contribution in [-0.2, 0) is 0 Å².